The molecule has 282 valence electrons. The van der Waals surface area contributed by atoms with Crippen LogP contribution >= 0.6 is 0 Å². The lowest BCUT2D eigenvalue weighted by atomic mass is 9.88. The first kappa shape index (κ1) is 35.2. The minimum atomic E-state index is -1.91. The highest BCUT2D eigenvalue weighted by molar-refractivity contribution is 7.03. The van der Waals surface area contributed by atoms with Crippen molar-refractivity contribution < 1.29 is 0 Å². The van der Waals surface area contributed by atoms with Gasteiger partial charge in [-0.3, -0.25) is 0 Å². The molecule has 0 fully saturated rings. The summed E-state index contributed by atoms with van der Waals surface area (Å²) in [6, 6.07) is 72.0. The Balaban J connectivity index is 1.18. The molecule has 0 amide bonds. The second-order valence-electron chi connectivity index (χ2n) is 16.6. The van der Waals surface area contributed by atoms with Gasteiger partial charge in [0.15, 0.2) is 0 Å². The van der Waals surface area contributed by atoms with Gasteiger partial charge in [0.25, 0.3) is 0 Å². The molecule has 0 bridgehead atoms. The lowest BCUT2D eigenvalue weighted by molar-refractivity contribution is 1.29. The van der Waals surface area contributed by atoms with Crippen molar-refractivity contribution >= 4 is 84.9 Å². The van der Waals surface area contributed by atoms with E-state index in [9.17, 15) is 0 Å². The molecule has 0 aliphatic carbocycles. The quantitative estimate of drug-likeness (QED) is 0.118. The number of aryl methyl sites for hydroxylation is 2. The van der Waals surface area contributed by atoms with Gasteiger partial charge in [0.2, 0.25) is 0 Å². The van der Waals surface area contributed by atoms with E-state index in [-0.39, 0.29) is 0 Å². The second-order valence-corrected chi connectivity index (χ2v) is 20.9. The molecule has 0 atom stereocenters. The van der Waals surface area contributed by atoms with E-state index >= 15 is 0 Å². The Bertz CT molecular complexity index is 3210. The van der Waals surface area contributed by atoms with E-state index in [0.717, 1.165) is 17.1 Å². The van der Waals surface area contributed by atoms with Crippen LogP contribution in [0.3, 0.4) is 0 Å². The van der Waals surface area contributed by atoms with Crippen molar-refractivity contribution in [1.29, 1.82) is 0 Å². The topological polar surface area (TPSA) is 6.48 Å². The highest BCUT2D eigenvalue weighted by atomic mass is 28.3. The predicted octanol–water partition coefficient (Wildman–Crippen LogP) is 14.6. The summed E-state index contributed by atoms with van der Waals surface area (Å²) in [5, 5.41) is 10.7. The summed E-state index contributed by atoms with van der Waals surface area (Å²) in [6.45, 7) is 9.57. The summed E-state index contributed by atoms with van der Waals surface area (Å²) in [7, 11) is -1.91. The minimum absolute atomic E-state index is 1.13. The van der Waals surface area contributed by atoms with Gasteiger partial charge in [0, 0.05) is 33.4 Å². The molecular formula is C56H44N2Si. The maximum absolute atomic E-state index is 2.51. The summed E-state index contributed by atoms with van der Waals surface area (Å²) in [5.74, 6) is 0. The van der Waals surface area contributed by atoms with E-state index in [2.05, 4.69) is 231 Å². The summed E-state index contributed by atoms with van der Waals surface area (Å²) in [6.07, 6.45) is 0. The van der Waals surface area contributed by atoms with Crippen molar-refractivity contribution in [2.75, 3.05) is 9.80 Å². The number of para-hydroxylation sites is 3. The first-order valence-corrected chi connectivity index (χ1v) is 23.7. The molecule has 3 heteroatoms. The maximum Gasteiger partial charge on any atom is 0.113 e. The fourth-order valence-electron chi connectivity index (χ4n) is 10.0. The standard InChI is InChI=1S/C56H44N2Si/c1-37-34-51(57(40-20-10-6-11-21-40)42-28-29-47-46-25-15-17-27-53(46)59(3,4)54(47)36-42)48-32-30-44-38(2)35-52(49-33-31-43(37)55(48)56(44)49)58(41-22-12-7-13-23-41)50-26-16-14-24-45(50)39-18-8-5-9-19-39/h5-36H,1-4H3. The minimum Gasteiger partial charge on any atom is -0.310 e. The van der Waals surface area contributed by atoms with Gasteiger partial charge in [-0.15, -0.1) is 0 Å². The summed E-state index contributed by atoms with van der Waals surface area (Å²) >= 11 is 0. The monoisotopic (exact) mass is 772 g/mol. The van der Waals surface area contributed by atoms with Gasteiger partial charge >= 0.3 is 0 Å². The molecule has 11 rings (SSSR count). The van der Waals surface area contributed by atoms with Gasteiger partial charge in [-0.25, -0.2) is 0 Å². The zero-order valence-corrected chi connectivity index (χ0v) is 34.9. The van der Waals surface area contributed by atoms with Gasteiger partial charge in [0.05, 0.1) is 17.1 Å². The van der Waals surface area contributed by atoms with E-state index in [4.69, 9.17) is 0 Å². The van der Waals surface area contributed by atoms with Crippen LogP contribution in [0.1, 0.15) is 11.1 Å². The van der Waals surface area contributed by atoms with Gasteiger partial charge in [-0.1, -0.05) is 153 Å². The number of nitrogens with zero attached hydrogens (tertiary/aromatic N) is 2. The van der Waals surface area contributed by atoms with Crippen LogP contribution in [-0.2, 0) is 0 Å². The molecule has 2 nitrogen and oxygen atoms in total. The Labute approximate surface area is 347 Å². The third kappa shape index (κ3) is 5.46. The first-order valence-electron chi connectivity index (χ1n) is 20.7. The Hall–Kier alpha value is -6.94. The van der Waals surface area contributed by atoms with E-state index in [1.807, 2.05) is 0 Å². The van der Waals surface area contributed by atoms with Gasteiger partial charge in [-0.05, 0) is 128 Å². The molecule has 1 aliphatic heterocycles. The smallest absolute Gasteiger partial charge is 0.113 e. The van der Waals surface area contributed by atoms with Crippen LogP contribution < -0.4 is 20.2 Å². The zero-order valence-electron chi connectivity index (χ0n) is 33.9. The number of anilines is 6. The van der Waals surface area contributed by atoms with Crippen LogP contribution in [0.2, 0.25) is 13.1 Å². The van der Waals surface area contributed by atoms with E-state index in [0.29, 0.717) is 0 Å². The number of fused-ring (bicyclic) bond motifs is 3. The largest absolute Gasteiger partial charge is 0.310 e. The Morgan fingerprint density at radius 1 is 0.339 bits per heavy atom. The molecule has 0 unspecified atom stereocenters. The average molecular weight is 773 g/mol. The van der Waals surface area contributed by atoms with Crippen LogP contribution in [0.5, 0.6) is 0 Å². The molecular weight excluding hydrogens is 729 g/mol. The maximum atomic E-state index is 2.51. The third-order valence-corrected chi connectivity index (χ3v) is 16.4. The number of benzene rings is 10. The Morgan fingerprint density at radius 2 is 0.814 bits per heavy atom. The predicted molar refractivity (Wildman–Crippen MR) is 257 cm³/mol. The summed E-state index contributed by atoms with van der Waals surface area (Å²) in [4.78, 5) is 4.98. The zero-order chi connectivity index (χ0) is 39.8. The molecule has 0 radical (unpaired) electrons. The van der Waals surface area contributed by atoms with Crippen LogP contribution in [0.4, 0.5) is 34.1 Å². The molecule has 59 heavy (non-hydrogen) atoms. The fraction of sp³-hybridized carbons (Fsp3) is 0.0714. The summed E-state index contributed by atoms with van der Waals surface area (Å²) in [5.41, 5.74) is 14.7. The molecule has 0 N–H and O–H groups in total. The fourth-order valence-corrected chi connectivity index (χ4v) is 13.1. The van der Waals surface area contributed by atoms with Crippen LogP contribution in [-0.4, -0.2) is 8.07 Å². The van der Waals surface area contributed by atoms with Crippen molar-refractivity contribution in [2.45, 2.75) is 26.9 Å². The molecule has 10 aromatic carbocycles. The van der Waals surface area contributed by atoms with Crippen molar-refractivity contribution in [1.82, 2.24) is 0 Å². The van der Waals surface area contributed by atoms with E-state index in [1.165, 1.54) is 93.1 Å². The summed E-state index contributed by atoms with van der Waals surface area (Å²) < 4.78 is 0. The third-order valence-electron chi connectivity index (χ3n) is 12.8. The molecule has 1 aliphatic rings. The number of rotatable bonds is 7. The first-order chi connectivity index (χ1) is 28.9. The molecule has 0 saturated heterocycles. The van der Waals surface area contributed by atoms with Crippen molar-refractivity contribution in [3.63, 3.8) is 0 Å². The normalized spacial score (nSPS) is 12.9. The highest BCUT2D eigenvalue weighted by Gasteiger charge is 2.38. The van der Waals surface area contributed by atoms with Crippen LogP contribution in [0.25, 0.3) is 54.6 Å². The van der Waals surface area contributed by atoms with Crippen molar-refractivity contribution in [3.8, 4) is 22.3 Å². The SMILES string of the molecule is Cc1cc(N(c2ccccc2)c2ccc3c(c2)[Si](C)(C)c2ccccc2-3)c2ccc3c(C)cc(N(c4ccccc4)c4ccccc4-c4ccccc4)c4ccc1c2c34. The lowest BCUT2D eigenvalue weighted by Crippen LogP contribution is -2.49. The number of hydrogen-bond donors (Lipinski definition) is 0. The number of hydrogen-bond acceptors (Lipinski definition) is 2. The molecule has 0 saturated carbocycles. The van der Waals surface area contributed by atoms with Crippen LogP contribution in [0.15, 0.2) is 194 Å². The Morgan fingerprint density at radius 3 is 1.44 bits per heavy atom. The van der Waals surface area contributed by atoms with Gasteiger partial charge in [0.1, 0.15) is 8.07 Å². The lowest BCUT2D eigenvalue weighted by Gasteiger charge is -2.31. The molecule has 1 heterocycles. The van der Waals surface area contributed by atoms with Crippen LogP contribution in [0, 0.1) is 13.8 Å². The highest BCUT2D eigenvalue weighted by Crippen LogP contribution is 2.50. The van der Waals surface area contributed by atoms with E-state index in [1.54, 1.807) is 0 Å². The molecule has 0 aromatic heterocycles. The molecule has 0 spiro atoms. The average Bonchev–Trinajstić information content (AvgIpc) is 3.51. The van der Waals surface area contributed by atoms with E-state index < -0.39 is 8.07 Å². The van der Waals surface area contributed by atoms with Gasteiger partial charge < -0.3 is 9.80 Å². The molecule has 10 aromatic rings. The van der Waals surface area contributed by atoms with Crippen molar-refractivity contribution in [2.24, 2.45) is 0 Å². The second kappa shape index (κ2) is 13.6. The van der Waals surface area contributed by atoms with Gasteiger partial charge in [-0.2, -0.15) is 0 Å². The Kier molecular flexibility index (Phi) is 8.11. The van der Waals surface area contributed by atoms with Crippen molar-refractivity contribution in [3.05, 3.63) is 205 Å².